The summed E-state index contributed by atoms with van der Waals surface area (Å²) in [6, 6.07) is 17.1. The molecule has 0 spiro atoms. The van der Waals surface area contributed by atoms with Crippen LogP contribution >= 0.6 is 0 Å². The van der Waals surface area contributed by atoms with Crippen molar-refractivity contribution >= 4 is 6.03 Å². The third-order valence-electron chi connectivity index (χ3n) is 12.7. The van der Waals surface area contributed by atoms with Crippen molar-refractivity contribution in [2.24, 2.45) is 28.6 Å². The summed E-state index contributed by atoms with van der Waals surface area (Å²) in [4.78, 5) is 15.8. The van der Waals surface area contributed by atoms with Crippen LogP contribution in [0.5, 0.6) is 0 Å². The molecule has 7 aliphatic rings. The fourth-order valence-electron chi connectivity index (χ4n) is 11.6. The number of likely N-dealkylation sites (tertiary alicyclic amines) is 1. The fraction of sp³-hybridized carbons (Fsp3) is 0.675. The maximum Gasteiger partial charge on any atom is 0.315 e. The number of hydrogen-bond donors (Lipinski definition) is 3. The van der Waals surface area contributed by atoms with E-state index in [-0.39, 0.29) is 30.4 Å². The van der Waals surface area contributed by atoms with Crippen LogP contribution in [-0.4, -0.2) is 46.8 Å². The van der Waals surface area contributed by atoms with E-state index in [1.807, 2.05) is 12.1 Å². The molecule has 9 rings (SSSR count). The summed E-state index contributed by atoms with van der Waals surface area (Å²) in [7, 11) is 0. The highest BCUT2D eigenvalue weighted by atomic mass is 16.7. The van der Waals surface area contributed by atoms with E-state index in [4.69, 9.17) is 9.47 Å². The third kappa shape index (κ3) is 6.75. The number of rotatable bonds is 8. The fourth-order valence-corrected chi connectivity index (χ4v) is 11.6. The minimum absolute atomic E-state index is 0.0194. The molecule has 2 amide bonds. The number of nitrogens with one attached hydrogen (secondary N) is 2. The molecule has 254 valence electrons. The summed E-state index contributed by atoms with van der Waals surface area (Å²) < 4.78 is 13.4. The number of ether oxygens (including phenoxy) is 2. The molecule has 2 saturated heterocycles. The number of fused-ring (bicyclic) bond motifs is 2. The summed E-state index contributed by atoms with van der Waals surface area (Å²) in [5, 5.41) is 16.2. The Morgan fingerprint density at radius 2 is 1.47 bits per heavy atom. The number of carbonyl (C=O) groups excluding carboxylic acids is 1. The Labute approximate surface area is 281 Å². The smallest absolute Gasteiger partial charge is 0.315 e. The second-order valence-electron chi connectivity index (χ2n) is 17.7. The van der Waals surface area contributed by atoms with Crippen LogP contribution in [-0.2, 0) is 22.6 Å². The van der Waals surface area contributed by atoms with E-state index in [0.717, 1.165) is 78.8 Å². The maximum atomic E-state index is 13.0. The number of amides is 2. The number of hydrogen-bond acceptors (Lipinski definition) is 5. The molecule has 3 N–H and O–H groups in total. The van der Waals surface area contributed by atoms with E-state index in [0.29, 0.717) is 23.4 Å². The molecule has 2 aliphatic heterocycles. The van der Waals surface area contributed by atoms with Gasteiger partial charge in [0.25, 0.3) is 0 Å². The molecule has 2 aromatic carbocycles. The van der Waals surface area contributed by atoms with Gasteiger partial charge in [-0.05, 0) is 103 Å². The quantitative estimate of drug-likeness (QED) is 0.280. The van der Waals surface area contributed by atoms with Gasteiger partial charge < -0.3 is 25.2 Å². The van der Waals surface area contributed by atoms with E-state index in [1.54, 1.807) is 0 Å². The zero-order valence-corrected chi connectivity index (χ0v) is 28.7. The van der Waals surface area contributed by atoms with Crippen LogP contribution < -0.4 is 10.6 Å². The SMILES string of the molecule is CC1(C)CC2CC(C)(CN2C[C@H]2C[C@@H](c3ccc(CO)cc3)O[C@@H](c3ccc(CNC(=O)NC45CC6CC(CC(C6)C4)C5)cc3)O2)C1. The van der Waals surface area contributed by atoms with E-state index in [2.05, 4.69) is 72.7 Å². The van der Waals surface area contributed by atoms with E-state index < -0.39 is 6.29 Å². The van der Waals surface area contributed by atoms with Crippen LogP contribution in [0.15, 0.2) is 48.5 Å². The first-order chi connectivity index (χ1) is 22.5. The molecule has 47 heavy (non-hydrogen) atoms. The van der Waals surface area contributed by atoms with Gasteiger partial charge in [-0.15, -0.1) is 0 Å². The lowest BCUT2D eigenvalue weighted by molar-refractivity contribution is -0.253. The average molecular weight is 642 g/mol. The van der Waals surface area contributed by atoms with Gasteiger partial charge in [-0.2, -0.15) is 0 Å². The van der Waals surface area contributed by atoms with Crippen molar-refractivity contribution in [2.75, 3.05) is 13.1 Å². The zero-order chi connectivity index (χ0) is 32.4. The van der Waals surface area contributed by atoms with Gasteiger partial charge in [0.15, 0.2) is 6.29 Å². The van der Waals surface area contributed by atoms with Crippen LogP contribution in [0.3, 0.4) is 0 Å². The molecular weight excluding hydrogens is 586 g/mol. The van der Waals surface area contributed by atoms with Crippen molar-refractivity contribution in [3.63, 3.8) is 0 Å². The number of aliphatic hydroxyl groups excluding tert-OH is 1. The van der Waals surface area contributed by atoms with Crippen molar-refractivity contribution in [1.82, 2.24) is 15.5 Å². The second kappa shape index (κ2) is 12.2. The largest absolute Gasteiger partial charge is 0.392 e. The summed E-state index contributed by atoms with van der Waals surface area (Å²) >= 11 is 0. The van der Waals surface area contributed by atoms with Crippen molar-refractivity contribution in [2.45, 2.75) is 128 Å². The first kappa shape index (κ1) is 31.8. The van der Waals surface area contributed by atoms with Gasteiger partial charge in [0, 0.05) is 43.2 Å². The first-order valence-electron chi connectivity index (χ1n) is 18.4. The standard InChI is InChI=1S/C40H55N3O4/c1-38(2)19-33-20-39(3,24-38)25-43(33)22-34-15-35(31-8-6-27(23-44)7-9-31)47-36(46-34)32-10-4-26(5-11-32)21-41-37(45)42-40-16-28-12-29(17-40)14-30(13-28)18-40/h4-11,28-30,33-36,44H,12-25H2,1-3H3,(H2,41,42,45)/t28?,29?,30?,33?,34-,35+,36+,39?,40?/m1/s1. The molecule has 0 aromatic heterocycles. The molecule has 5 aliphatic carbocycles. The van der Waals surface area contributed by atoms with Crippen LogP contribution in [0.4, 0.5) is 4.79 Å². The number of benzene rings is 2. The Balaban J connectivity index is 0.927. The first-order valence-corrected chi connectivity index (χ1v) is 18.4. The molecule has 5 atom stereocenters. The van der Waals surface area contributed by atoms with Gasteiger partial charge in [0.1, 0.15) is 0 Å². The van der Waals surface area contributed by atoms with Gasteiger partial charge in [0.05, 0.1) is 18.8 Å². The Bertz CT molecular complexity index is 1410. The molecule has 5 saturated carbocycles. The summed E-state index contributed by atoms with van der Waals surface area (Å²) in [6.45, 7) is 9.94. The normalized spacial score (nSPS) is 38.8. The summed E-state index contributed by atoms with van der Waals surface area (Å²) in [5.41, 5.74) is 4.89. The molecule has 7 nitrogen and oxygen atoms in total. The lowest BCUT2D eigenvalue weighted by atomic mass is 9.53. The monoisotopic (exact) mass is 641 g/mol. The zero-order valence-electron chi connectivity index (χ0n) is 28.7. The van der Waals surface area contributed by atoms with Gasteiger partial charge in [-0.3, -0.25) is 4.90 Å². The molecule has 6 bridgehead atoms. The predicted molar refractivity (Wildman–Crippen MR) is 182 cm³/mol. The van der Waals surface area contributed by atoms with Gasteiger partial charge in [-0.25, -0.2) is 4.79 Å². The van der Waals surface area contributed by atoms with Crippen molar-refractivity contribution < 1.29 is 19.4 Å². The Hall–Kier alpha value is -2.45. The van der Waals surface area contributed by atoms with Crippen molar-refractivity contribution in [3.8, 4) is 0 Å². The van der Waals surface area contributed by atoms with E-state index in [9.17, 15) is 9.90 Å². The van der Waals surface area contributed by atoms with Gasteiger partial charge >= 0.3 is 6.03 Å². The maximum absolute atomic E-state index is 13.0. The van der Waals surface area contributed by atoms with Crippen molar-refractivity contribution in [3.05, 3.63) is 70.8 Å². The molecule has 7 fully saturated rings. The van der Waals surface area contributed by atoms with Gasteiger partial charge in [0.2, 0.25) is 0 Å². The Morgan fingerprint density at radius 3 is 2.13 bits per heavy atom. The average Bonchev–Trinajstić information content (AvgIpc) is 3.26. The highest BCUT2D eigenvalue weighted by Gasteiger charge is 2.52. The second-order valence-corrected chi connectivity index (χ2v) is 17.7. The van der Waals surface area contributed by atoms with Crippen LogP contribution in [0.25, 0.3) is 0 Å². The number of carbonyl (C=O) groups is 1. The minimum Gasteiger partial charge on any atom is -0.392 e. The molecule has 7 heteroatoms. The van der Waals surface area contributed by atoms with Crippen LogP contribution in [0.2, 0.25) is 0 Å². The molecule has 2 heterocycles. The predicted octanol–water partition coefficient (Wildman–Crippen LogP) is 7.39. The van der Waals surface area contributed by atoms with E-state index in [1.165, 1.54) is 38.5 Å². The molecule has 2 aromatic rings. The Morgan fingerprint density at radius 1 is 0.830 bits per heavy atom. The lowest BCUT2D eigenvalue weighted by Gasteiger charge is -2.56. The number of aliphatic hydroxyl groups is 1. The third-order valence-corrected chi connectivity index (χ3v) is 12.7. The van der Waals surface area contributed by atoms with Crippen molar-refractivity contribution in [1.29, 1.82) is 0 Å². The molecule has 0 radical (unpaired) electrons. The number of urea groups is 1. The highest BCUT2D eigenvalue weighted by molar-refractivity contribution is 5.75. The van der Waals surface area contributed by atoms with E-state index >= 15 is 0 Å². The Kier molecular flexibility index (Phi) is 8.22. The van der Waals surface area contributed by atoms with Crippen LogP contribution in [0.1, 0.15) is 120 Å². The van der Waals surface area contributed by atoms with Gasteiger partial charge in [-0.1, -0.05) is 69.3 Å². The highest BCUT2D eigenvalue weighted by Crippen LogP contribution is 2.56. The minimum atomic E-state index is -0.466. The van der Waals surface area contributed by atoms with Crippen LogP contribution in [0, 0.1) is 28.6 Å². The number of nitrogens with zero attached hydrogens (tertiary/aromatic N) is 1. The topological polar surface area (TPSA) is 83.1 Å². The summed E-state index contributed by atoms with van der Waals surface area (Å²) in [6.07, 6.45) is 11.7. The summed E-state index contributed by atoms with van der Waals surface area (Å²) in [5.74, 6) is 2.42. The molecule has 2 unspecified atom stereocenters. The molecular formula is C40H55N3O4. The lowest BCUT2D eigenvalue weighted by Crippen LogP contribution is -2.61.